The van der Waals surface area contributed by atoms with E-state index in [1.807, 2.05) is 31.7 Å². The summed E-state index contributed by atoms with van der Waals surface area (Å²) in [5.41, 5.74) is 2.13. The highest BCUT2D eigenvalue weighted by molar-refractivity contribution is 9.10. The summed E-state index contributed by atoms with van der Waals surface area (Å²) in [5, 5.41) is 5.76. The van der Waals surface area contributed by atoms with E-state index in [9.17, 15) is 14.4 Å². The van der Waals surface area contributed by atoms with Crippen LogP contribution in [0.15, 0.2) is 22.7 Å². The maximum atomic E-state index is 12.4. The first-order chi connectivity index (χ1) is 16.6. The fraction of sp³-hybridized carbons (Fsp3) is 0.654. The Labute approximate surface area is 216 Å². The summed E-state index contributed by atoms with van der Waals surface area (Å²) in [5.74, 6) is -0.443. The Morgan fingerprint density at radius 3 is 2.43 bits per heavy atom. The number of carbonyl (C=O) groups excluding carboxylic acids is 3. The number of likely N-dealkylation sites (tertiary alicyclic amines) is 1. The highest BCUT2D eigenvalue weighted by Crippen LogP contribution is 2.43. The third kappa shape index (κ3) is 6.36. The number of carbonyl (C=O) groups is 3. The minimum atomic E-state index is -0.466. The summed E-state index contributed by atoms with van der Waals surface area (Å²) < 4.78 is 6.57. The Morgan fingerprint density at radius 2 is 1.80 bits per heavy atom. The average molecular weight is 550 g/mol. The molecule has 2 N–H and O–H groups in total. The Hall–Kier alpha value is -2.13. The molecule has 1 spiro atoms. The number of piperidine rings is 3. The molecule has 3 heterocycles. The monoisotopic (exact) mass is 548 g/mol. The molecular weight excluding hydrogens is 512 g/mol. The lowest BCUT2D eigenvalue weighted by Gasteiger charge is -2.47. The lowest BCUT2D eigenvalue weighted by Crippen LogP contribution is -2.50. The van der Waals surface area contributed by atoms with E-state index in [1.54, 1.807) is 0 Å². The first kappa shape index (κ1) is 25.9. The molecule has 0 saturated carbocycles. The number of benzene rings is 1. The standard InChI is InChI=1S/C26H37BrN4O4/c1-25(2,3)35-24(34)31-15-11-26(12-16-31)9-13-30(14-10-26)21-6-4-5-19(27)18(21)17-28-20-7-8-22(32)29-23(20)33/h4-6,20,28H,7-17H2,1-3H3,(H,29,32,33). The Kier molecular flexibility index (Phi) is 7.76. The lowest BCUT2D eigenvalue weighted by atomic mass is 9.71. The highest BCUT2D eigenvalue weighted by atomic mass is 79.9. The number of hydrogen-bond donors (Lipinski definition) is 2. The lowest BCUT2D eigenvalue weighted by molar-refractivity contribution is -0.134. The van der Waals surface area contributed by atoms with Crippen LogP contribution in [0.5, 0.6) is 0 Å². The number of hydrogen-bond acceptors (Lipinski definition) is 6. The minimum Gasteiger partial charge on any atom is -0.444 e. The average Bonchev–Trinajstić information content (AvgIpc) is 2.79. The largest absolute Gasteiger partial charge is 0.444 e. The van der Waals surface area contributed by atoms with Crippen LogP contribution in [0.1, 0.15) is 64.9 Å². The summed E-state index contributed by atoms with van der Waals surface area (Å²) >= 11 is 3.70. The predicted octanol–water partition coefficient (Wildman–Crippen LogP) is 3.96. The minimum absolute atomic E-state index is 0.200. The van der Waals surface area contributed by atoms with Crippen LogP contribution in [-0.4, -0.2) is 60.6 Å². The number of imide groups is 1. The van der Waals surface area contributed by atoms with Gasteiger partial charge in [-0.3, -0.25) is 14.9 Å². The molecule has 3 saturated heterocycles. The Balaban J connectivity index is 1.34. The van der Waals surface area contributed by atoms with Crippen molar-refractivity contribution in [3.05, 3.63) is 28.2 Å². The van der Waals surface area contributed by atoms with E-state index in [4.69, 9.17) is 4.74 Å². The van der Waals surface area contributed by atoms with E-state index in [0.717, 1.165) is 61.9 Å². The van der Waals surface area contributed by atoms with Gasteiger partial charge in [-0.15, -0.1) is 0 Å². The van der Waals surface area contributed by atoms with Gasteiger partial charge in [-0.25, -0.2) is 4.79 Å². The van der Waals surface area contributed by atoms with Crippen LogP contribution in [0.2, 0.25) is 0 Å². The topological polar surface area (TPSA) is 91.0 Å². The summed E-state index contributed by atoms with van der Waals surface area (Å²) in [7, 11) is 0. The van der Waals surface area contributed by atoms with Crippen molar-refractivity contribution >= 4 is 39.5 Å². The fourth-order valence-electron chi connectivity index (χ4n) is 5.34. The highest BCUT2D eigenvalue weighted by Gasteiger charge is 2.39. The van der Waals surface area contributed by atoms with Gasteiger partial charge in [0.1, 0.15) is 5.60 Å². The number of halogens is 1. The van der Waals surface area contributed by atoms with E-state index in [0.29, 0.717) is 19.4 Å². The van der Waals surface area contributed by atoms with Crippen molar-refractivity contribution in [2.75, 3.05) is 31.1 Å². The quantitative estimate of drug-likeness (QED) is 0.553. The van der Waals surface area contributed by atoms with E-state index >= 15 is 0 Å². The maximum Gasteiger partial charge on any atom is 0.410 e. The molecule has 3 aliphatic heterocycles. The second kappa shape index (κ2) is 10.5. The smallest absolute Gasteiger partial charge is 0.410 e. The molecule has 3 fully saturated rings. The number of nitrogens with one attached hydrogen (secondary N) is 2. The van der Waals surface area contributed by atoms with E-state index in [1.165, 1.54) is 5.69 Å². The van der Waals surface area contributed by atoms with Crippen LogP contribution >= 0.6 is 15.9 Å². The molecule has 3 aliphatic rings. The van der Waals surface area contributed by atoms with Gasteiger partial charge in [0.25, 0.3) is 0 Å². The molecule has 1 aromatic carbocycles. The second-order valence-corrected chi connectivity index (χ2v) is 11.9. The van der Waals surface area contributed by atoms with Crippen molar-refractivity contribution < 1.29 is 19.1 Å². The fourth-order valence-corrected chi connectivity index (χ4v) is 5.84. The molecule has 35 heavy (non-hydrogen) atoms. The van der Waals surface area contributed by atoms with Crippen molar-refractivity contribution in [1.29, 1.82) is 0 Å². The van der Waals surface area contributed by atoms with Gasteiger partial charge in [0.05, 0.1) is 6.04 Å². The van der Waals surface area contributed by atoms with Gasteiger partial charge >= 0.3 is 6.09 Å². The van der Waals surface area contributed by atoms with Crippen molar-refractivity contribution in [2.24, 2.45) is 5.41 Å². The van der Waals surface area contributed by atoms with Crippen LogP contribution in [-0.2, 0) is 20.9 Å². The third-order valence-corrected chi connectivity index (χ3v) is 8.24. The molecule has 1 unspecified atom stereocenters. The number of ether oxygens (including phenoxy) is 1. The van der Waals surface area contributed by atoms with Crippen LogP contribution in [0.4, 0.5) is 10.5 Å². The molecular formula is C26H37BrN4O4. The molecule has 1 aromatic rings. The summed E-state index contributed by atoms with van der Waals surface area (Å²) in [6.07, 6.45) is 4.92. The molecule has 4 rings (SSSR count). The molecule has 8 nitrogen and oxygen atoms in total. The summed E-state index contributed by atoms with van der Waals surface area (Å²) in [6.45, 7) is 9.71. The van der Waals surface area contributed by atoms with Crippen LogP contribution < -0.4 is 15.5 Å². The van der Waals surface area contributed by atoms with Crippen molar-refractivity contribution in [3.63, 3.8) is 0 Å². The first-order valence-electron chi connectivity index (χ1n) is 12.6. The van der Waals surface area contributed by atoms with Gasteiger partial charge in [-0.05, 0) is 70.4 Å². The molecule has 0 bridgehead atoms. The number of anilines is 1. The van der Waals surface area contributed by atoms with Crippen molar-refractivity contribution in [1.82, 2.24) is 15.5 Å². The van der Waals surface area contributed by atoms with Gasteiger partial charge in [0.2, 0.25) is 11.8 Å². The normalized spacial score (nSPS) is 22.8. The molecule has 9 heteroatoms. The summed E-state index contributed by atoms with van der Waals surface area (Å²) in [6, 6.07) is 5.88. The SMILES string of the molecule is CC(C)(C)OC(=O)N1CCC2(CC1)CCN(c1cccc(Br)c1CNC1CCC(=O)NC1=O)CC2. The van der Waals surface area contributed by atoms with Crippen molar-refractivity contribution in [2.45, 2.75) is 77.5 Å². The Bertz CT molecular complexity index is 959. The van der Waals surface area contributed by atoms with Gasteiger partial charge in [-0.1, -0.05) is 22.0 Å². The molecule has 192 valence electrons. The zero-order valence-corrected chi connectivity index (χ0v) is 22.6. The van der Waals surface area contributed by atoms with E-state index in [-0.39, 0.29) is 29.4 Å². The number of nitrogens with zero attached hydrogens (tertiary/aromatic N) is 2. The number of rotatable bonds is 4. The van der Waals surface area contributed by atoms with Crippen LogP contribution in [0.3, 0.4) is 0 Å². The predicted molar refractivity (Wildman–Crippen MR) is 138 cm³/mol. The summed E-state index contributed by atoms with van der Waals surface area (Å²) in [4.78, 5) is 40.3. The second-order valence-electron chi connectivity index (χ2n) is 11.1. The van der Waals surface area contributed by atoms with Gasteiger partial charge in [-0.2, -0.15) is 0 Å². The molecule has 3 amide bonds. The van der Waals surface area contributed by atoms with Crippen LogP contribution in [0, 0.1) is 5.41 Å². The molecule has 0 aliphatic carbocycles. The zero-order chi connectivity index (χ0) is 25.2. The maximum absolute atomic E-state index is 12.4. The van der Waals surface area contributed by atoms with Crippen molar-refractivity contribution in [3.8, 4) is 0 Å². The van der Waals surface area contributed by atoms with Gasteiger partial charge in [0.15, 0.2) is 0 Å². The number of amides is 3. The zero-order valence-electron chi connectivity index (χ0n) is 21.0. The van der Waals surface area contributed by atoms with Crippen LogP contribution in [0.25, 0.3) is 0 Å². The Morgan fingerprint density at radius 1 is 1.14 bits per heavy atom. The first-order valence-corrected chi connectivity index (χ1v) is 13.4. The molecule has 0 aromatic heterocycles. The molecule has 0 radical (unpaired) electrons. The van der Waals surface area contributed by atoms with Gasteiger partial charge in [0, 0.05) is 54.9 Å². The van der Waals surface area contributed by atoms with E-state index in [2.05, 4.69) is 43.6 Å². The van der Waals surface area contributed by atoms with E-state index < -0.39 is 5.60 Å². The van der Waals surface area contributed by atoms with Gasteiger partial charge < -0.3 is 19.9 Å². The molecule has 1 atom stereocenters. The third-order valence-electron chi connectivity index (χ3n) is 7.50.